The summed E-state index contributed by atoms with van der Waals surface area (Å²) in [6, 6.07) is 1.57. The number of carbonyl (C=O) groups is 1. The maximum Gasteiger partial charge on any atom is 0.258 e. The summed E-state index contributed by atoms with van der Waals surface area (Å²) in [5.74, 6) is -0.231. The molecule has 0 aromatic carbocycles. The van der Waals surface area contributed by atoms with Crippen LogP contribution >= 0.6 is 15.9 Å². The Morgan fingerprint density at radius 2 is 2.41 bits per heavy atom. The van der Waals surface area contributed by atoms with Crippen LogP contribution in [-0.2, 0) is 0 Å². The number of amides is 1. The van der Waals surface area contributed by atoms with Gasteiger partial charge in [0, 0.05) is 6.54 Å². The molecule has 1 heterocycles. The van der Waals surface area contributed by atoms with Crippen LogP contribution in [0.3, 0.4) is 0 Å². The van der Waals surface area contributed by atoms with Gasteiger partial charge in [0.1, 0.15) is 0 Å². The van der Waals surface area contributed by atoms with Crippen molar-refractivity contribution in [3.05, 3.63) is 22.6 Å². The minimum atomic E-state index is -0.223. The van der Waals surface area contributed by atoms with Gasteiger partial charge in [-0.05, 0) is 28.4 Å². The molecule has 0 unspecified atom stereocenters. The second kappa shape index (κ2) is 6.29. The Labute approximate surface area is 107 Å². The van der Waals surface area contributed by atoms with E-state index in [4.69, 9.17) is 15.4 Å². The lowest BCUT2D eigenvalue weighted by molar-refractivity contribution is 0.0776. The van der Waals surface area contributed by atoms with Gasteiger partial charge in [-0.15, -0.1) is 0 Å². The van der Waals surface area contributed by atoms with Crippen LogP contribution < -0.4 is 5.73 Å². The molecule has 17 heavy (non-hydrogen) atoms. The molecule has 0 saturated heterocycles. The van der Waals surface area contributed by atoms with Crippen LogP contribution in [0.25, 0.3) is 0 Å². The molecule has 1 rings (SSSR count). The van der Waals surface area contributed by atoms with E-state index < -0.39 is 0 Å². The Hall–Kier alpha value is -1.50. The molecule has 1 amide bonds. The monoisotopic (exact) mass is 303 g/mol. The van der Waals surface area contributed by atoms with Crippen molar-refractivity contribution < 1.29 is 14.4 Å². The van der Waals surface area contributed by atoms with E-state index in [9.17, 15) is 4.79 Å². The zero-order valence-corrected chi connectivity index (χ0v) is 11.0. The first-order valence-corrected chi connectivity index (χ1v) is 5.88. The fraction of sp³-hybridized carbons (Fsp3) is 0.400. The topological polar surface area (TPSA) is 92.1 Å². The van der Waals surface area contributed by atoms with Gasteiger partial charge in [0.25, 0.3) is 5.91 Å². The van der Waals surface area contributed by atoms with Gasteiger partial charge in [-0.2, -0.15) is 0 Å². The van der Waals surface area contributed by atoms with Crippen molar-refractivity contribution in [1.29, 1.82) is 0 Å². The van der Waals surface area contributed by atoms with Gasteiger partial charge < -0.3 is 20.3 Å². The summed E-state index contributed by atoms with van der Waals surface area (Å²) in [6.07, 6.45) is 2.20. The summed E-state index contributed by atoms with van der Waals surface area (Å²) in [5, 5.41) is 11.4. The number of rotatable bonds is 5. The van der Waals surface area contributed by atoms with E-state index in [1.807, 2.05) is 6.92 Å². The highest BCUT2D eigenvalue weighted by molar-refractivity contribution is 9.10. The molecule has 0 spiro atoms. The zero-order chi connectivity index (χ0) is 12.8. The lowest BCUT2D eigenvalue weighted by Crippen LogP contribution is -2.39. The van der Waals surface area contributed by atoms with Crippen molar-refractivity contribution in [2.75, 3.05) is 13.1 Å². The van der Waals surface area contributed by atoms with Crippen molar-refractivity contribution in [3.8, 4) is 0 Å². The molecule has 0 fully saturated rings. The van der Waals surface area contributed by atoms with Crippen LogP contribution in [0, 0.1) is 0 Å². The lowest BCUT2D eigenvalue weighted by Gasteiger charge is -2.20. The standard InChI is InChI=1S/C10H14BrN3O3/c1-2-4-14(6-8(12)13-16)10(15)7-3-5-17-9(7)11/h3,5,16H,2,4,6H2,1H3,(H2,12,13). The molecule has 0 atom stereocenters. The van der Waals surface area contributed by atoms with Gasteiger partial charge in [-0.3, -0.25) is 4.79 Å². The summed E-state index contributed by atoms with van der Waals surface area (Å²) in [6.45, 7) is 2.55. The third kappa shape index (κ3) is 3.48. The average Bonchev–Trinajstić information content (AvgIpc) is 2.73. The van der Waals surface area contributed by atoms with Crippen LogP contribution in [-0.4, -0.2) is 34.9 Å². The van der Waals surface area contributed by atoms with Gasteiger partial charge in [-0.25, -0.2) is 0 Å². The maximum absolute atomic E-state index is 12.1. The molecule has 7 heteroatoms. The quantitative estimate of drug-likeness (QED) is 0.374. The van der Waals surface area contributed by atoms with Crippen LogP contribution in [0.4, 0.5) is 0 Å². The van der Waals surface area contributed by atoms with Crippen molar-refractivity contribution >= 4 is 27.7 Å². The molecule has 0 bridgehead atoms. The largest absolute Gasteiger partial charge is 0.457 e. The first kappa shape index (κ1) is 13.6. The van der Waals surface area contributed by atoms with Crippen molar-refractivity contribution in [3.63, 3.8) is 0 Å². The molecule has 0 aliphatic rings. The molecule has 0 radical (unpaired) electrons. The second-order valence-corrected chi connectivity index (χ2v) is 4.15. The van der Waals surface area contributed by atoms with Crippen molar-refractivity contribution in [2.45, 2.75) is 13.3 Å². The summed E-state index contributed by atoms with van der Waals surface area (Å²) in [5.41, 5.74) is 5.82. The number of halogens is 1. The predicted molar refractivity (Wildman–Crippen MR) is 66.0 cm³/mol. The second-order valence-electron chi connectivity index (χ2n) is 3.43. The first-order valence-electron chi connectivity index (χ1n) is 5.08. The van der Waals surface area contributed by atoms with Crippen molar-refractivity contribution in [2.24, 2.45) is 10.9 Å². The highest BCUT2D eigenvalue weighted by atomic mass is 79.9. The van der Waals surface area contributed by atoms with E-state index in [0.717, 1.165) is 6.42 Å². The summed E-state index contributed by atoms with van der Waals surface area (Å²) in [7, 11) is 0. The molecule has 94 valence electrons. The van der Waals surface area contributed by atoms with E-state index in [1.165, 1.54) is 11.2 Å². The number of furan rings is 1. The van der Waals surface area contributed by atoms with Gasteiger partial charge in [0.15, 0.2) is 10.5 Å². The Kier molecular flexibility index (Phi) is 5.02. The van der Waals surface area contributed by atoms with E-state index in [-0.39, 0.29) is 18.3 Å². The number of oxime groups is 1. The fourth-order valence-electron chi connectivity index (χ4n) is 1.37. The fourth-order valence-corrected chi connectivity index (χ4v) is 1.78. The summed E-state index contributed by atoms with van der Waals surface area (Å²) in [4.78, 5) is 13.6. The number of nitrogens with zero attached hydrogens (tertiary/aromatic N) is 2. The third-order valence-electron chi connectivity index (χ3n) is 2.11. The lowest BCUT2D eigenvalue weighted by atomic mass is 10.2. The summed E-state index contributed by atoms with van der Waals surface area (Å²) < 4.78 is 5.38. The summed E-state index contributed by atoms with van der Waals surface area (Å²) >= 11 is 3.14. The Morgan fingerprint density at radius 3 is 2.88 bits per heavy atom. The first-order chi connectivity index (χ1) is 8.10. The highest BCUT2D eigenvalue weighted by Gasteiger charge is 2.20. The molecule has 0 saturated carbocycles. The molecule has 1 aromatic heterocycles. The maximum atomic E-state index is 12.1. The number of amidine groups is 1. The average molecular weight is 304 g/mol. The van der Waals surface area contributed by atoms with Crippen LogP contribution in [0.1, 0.15) is 23.7 Å². The van der Waals surface area contributed by atoms with E-state index in [0.29, 0.717) is 16.8 Å². The molecule has 3 N–H and O–H groups in total. The van der Waals surface area contributed by atoms with Crippen molar-refractivity contribution in [1.82, 2.24) is 4.90 Å². The SMILES string of the molecule is CCCN(C/C(N)=N/O)C(=O)c1ccoc1Br. The predicted octanol–water partition coefficient (Wildman–Crippen LogP) is 1.64. The normalized spacial score (nSPS) is 11.5. The van der Waals surface area contributed by atoms with Crippen LogP contribution in [0.5, 0.6) is 0 Å². The van der Waals surface area contributed by atoms with Gasteiger partial charge in [0.2, 0.25) is 0 Å². The molecule has 0 aliphatic heterocycles. The van der Waals surface area contributed by atoms with E-state index in [1.54, 1.807) is 6.07 Å². The smallest absolute Gasteiger partial charge is 0.258 e. The molecule has 6 nitrogen and oxygen atoms in total. The Morgan fingerprint density at radius 1 is 1.71 bits per heavy atom. The minimum absolute atomic E-state index is 0.00795. The Bertz CT molecular complexity index is 417. The van der Waals surface area contributed by atoms with E-state index >= 15 is 0 Å². The van der Waals surface area contributed by atoms with Gasteiger partial charge >= 0.3 is 0 Å². The molecular weight excluding hydrogens is 290 g/mol. The van der Waals surface area contributed by atoms with Crippen LogP contribution in [0.2, 0.25) is 0 Å². The number of hydrogen-bond acceptors (Lipinski definition) is 4. The zero-order valence-electron chi connectivity index (χ0n) is 9.39. The van der Waals surface area contributed by atoms with Gasteiger partial charge in [0.05, 0.1) is 18.4 Å². The highest BCUT2D eigenvalue weighted by Crippen LogP contribution is 2.19. The van der Waals surface area contributed by atoms with E-state index in [2.05, 4.69) is 21.1 Å². The Balaban J connectivity index is 2.84. The molecule has 0 aliphatic carbocycles. The molecule has 1 aromatic rings. The molecular formula is C10H14BrN3O3. The number of carbonyl (C=O) groups excluding carboxylic acids is 1. The minimum Gasteiger partial charge on any atom is -0.457 e. The van der Waals surface area contributed by atoms with Crippen LogP contribution in [0.15, 0.2) is 26.6 Å². The van der Waals surface area contributed by atoms with Gasteiger partial charge in [-0.1, -0.05) is 12.1 Å². The third-order valence-corrected chi connectivity index (χ3v) is 2.72. The number of hydrogen-bond donors (Lipinski definition) is 2. The number of nitrogens with two attached hydrogens (primary N) is 1.